The highest BCUT2D eigenvalue weighted by atomic mass is 32.1. The Morgan fingerprint density at radius 2 is 1.79 bits per heavy atom. The summed E-state index contributed by atoms with van der Waals surface area (Å²) in [6.07, 6.45) is -0.983. The summed E-state index contributed by atoms with van der Waals surface area (Å²) in [5.41, 5.74) is 1.92. The van der Waals surface area contributed by atoms with Crippen molar-refractivity contribution in [1.29, 1.82) is 0 Å². The van der Waals surface area contributed by atoms with Crippen LogP contribution >= 0.6 is 11.3 Å². The summed E-state index contributed by atoms with van der Waals surface area (Å²) >= 11 is 1.25. The molecular formula is C22H22N2O4S. The molecule has 1 heterocycles. The molecular weight excluding hydrogens is 388 g/mol. The van der Waals surface area contributed by atoms with Crippen LogP contribution in [-0.4, -0.2) is 29.6 Å². The lowest BCUT2D eigenvalue weighted by Crippen LogP contribution is -2.30. The second-order valence-electron chi connectivity index (χ2n) is 6.24. The fourth-order valence-corrected chi connectivity index (χ4v) is 3.53. The molecule has 1 amide bonds. The molecule has 0 saturated carbocycles. The maximum Gasteiger partial charge on any atom is 0.351 e. The van der Waals surface area contributed by atoms with Crippen LogP contribution in [0, 0.1) is 6.92 Å². The van der Waals surface area contributed by atoms with Gasteiger partial charge in [-0.05, 0) is 32.9 Å². The van der Waals surface area contributed by atoms with Crippen molar-refractivity contribution in [2.24, 2.45) is 0 Å². The molecule has 1 atom stereocenters. The van der Waals surface area contributed by atoms with E-state index in [1.54, 1.807) is 18.2 Å². The Bertz CT molecular complexity index is 1000. The van der Waals surface area contributed by atoms with E-state index in [0.29, 0.717) is 28.6 Å². The first-order chi connectivity index (χ1) is 14.0. The van der Waals surface area contributed by atoms with Gasteiger partial charge in [0.15, 0.2) is 6.10 Å². The summed E-state index contributed by atoms with van der Waals surface area (Å²) in [5, 5.41) is 3.50. The molecule has 3 aromatic rings. The number of carbonyl (C=O) groups is 2. The Hall–Kier alpha value is -3.19. The molecule has 7 heteroatoms. The minimum atomic E-state index is -0.983. The molecule has 0 radical (unpaired) electrons. The van der Waals surface area contributed by atoms with E-state index in [4.69, 9.17) is 9.47 Å². The van der Waals surface area contributed by atoms with Gasteiger partial charge in [-0.3, -0.25) is 4.79 Å². The number of para-hydroxylation sites is 2. The first-order valence-corrected chi connectivity index (χ1v) is 10.1. The average Bonchev–Trinajstić information content (AvgIpc) is 3.12. The van der Waals surface area contributed by atoms with Crippen molar-refractivity contribution in [2.45, 2.75) is 26.9 Å². The van der Waals surface area contributed by atoms with Crippen molar-refractivity contribution in [2.75, 3.05) is 11.9 Å². The maximum absolute atomic E-state index is 12.7. The van der Waals surface area contributed by atoms with Crippen LogP contribution in [0.25, 0.3) is 11.3 Å². The first-order valence-electron chi connectivity index (χ1n) is 9.26. The molecule has 3 rings (SSSR count). The second kappa shape index (κ2) is 9.34. The Labute approximate surface area is 173 Å². The average molecular weight is 410 g/mol. The number of nitrogens with one attached hydrogen (secondary N) is 1. The largest absolute Gasteiger partial charge is 0.492 e. The van der Waals surface area contributed by atoms with E-state index in [-0.39, 0.29) is 0 Å². The fourth-order valence-electron chi connectivity index (χ4n) is 2.71. The van der Waals surface area contributed by atoms with Gasteiger partial charge in [0, 0.05) is 5.56 Å². The number of ether oxygens (including phenoxy) is 2. The van der Waals surface area contributed by atoms with Crippen LogP contribution in [0.1, 0.15) is 28.5 Å². The molecule has 0 saturated heterocycles. The topological polar surface area (TPSA) is 77.5 Å². The molecule has 0 aliphatic heterocycles. The van der Waals surface area contributed by atoms with Gasteiger partial charge in [0.2, 0.25) is 0 Å². The molecule has 0 fully saturated rings. The lowest BCUT2D eigenvalue weighted by atomic mass is 10.1. The van der Waals surface area contributed by atoms with Gasteiger partial charge in [0.05, 0.1) is 23.0 Å². The predicted octanol–water partition coefficient (Wildman–Crippen LogP) is 4.70. The molecule has 29 heavy (non-hydrogen) atoms. The number of hydrogen-bond acceptors (Lipinski definition) is 6. The Morgan fingerprint density at radius 3 is 2.52 bits per heavy atom. The van der Waals surface area contributed by atoms with Crippen molar-refractivity contribution in [3.63, 3.8) is 0 Å². The quantitative estimate of drug-likeness (QED) is 0.571. The SMILES string of the molecule is CCOc1ccccc1NC(=O)[C@@H](C)OC(=O)c1sc(C)nc1-c1ccccc1. The van der Waals surface area contributed by atoms with E-state index >= 15 is 0 Å². The number of rotatable bonds is 7. The monoisotopic (exact) mass is 410 g/mol. The van der Waals surface area contributed by atoms with Crippen LogP contribution in [-0.2, 0) is 9.53 Å². The zero-order valence-electron chi connectivity index (χ0n) is 16.5. The molecule has 0 bridgehead atoms. The number of thiazole rings is 1. The number of anilines is 1. The third-order valence-corrected chi connectivity index (χ3v) is 5.02. The van der Waals surface area contributed by atoms with Gasteiger partial charge in [-0.2, -0.15) is 0 Å². The molecule has 1 N–H and O–H groups in total. The molecule has 0 unspecified atom stereocenters. The summed E-state index contributed by atoms with van der Waals surface area (Å²) in [6, 6.07) is 16.5. The second-order valence-corrected chi connectivity index (χ2v) is 7.45. The summed E-state index contributed by atoms with van der Waals surface area (Å²) in [6.45, 7) is 5.70. The van der Waals surface area contributed by atoms with E-state index in [9.17, 15) is 9.59 Å². The molecule has 0 aliphatic carbocycles. The minimum absolute atomic E-state index is 0.378. The number of benzene rings is 2. The summed E-state index contributed by atoms with van der Waals surface area (Å²) < 4.78 is 10.9. The Morgan fingerprint density at radius 1 is 1.10 bits per heavy atom. The standard InChI is InChI=1S/C22H22N2O4S/c1-4-27-18-13-9-8-12-17(18)24-21(25)14(2)28-22(26)20-19(23-15(3)29-20)16-10-6-5-7-11-16/h5-14H,4H2,1-3H3,(H,24,25)/t14-/m1/s1. The Balaban J connectivity index is 1.72. The van der Waals surface area contributed by atoms with Crippen LogP contribution in [0.5, 0.6) is 5.75 Å². The van der Waals surface area contributed by atoms with Gasteiger partial charge in [-0.15, -0.1) is 11.3 Å². The van der Waals surface area contributed by atoms with Crippen LogP contribution < -0.4 is 10.1 Å². The fraction of sp³-hybridized carbons (Fsp3) is 0.227. The molecule has 0 spiro atoms. The van der Waals surface area contributed by atoms with Crippen molar-refractivity contribution in [1.82, 2.24) is 4.98 Å². The number of aryl methyl sites for hydroxylation is 1. The zero-order chi connectivity index (χ0) is 20.8. The minimum Gasteiger partial charge on any atom is -0.492 e. The highest BCUT2D eigenvalue weighted by Gasteiger charge is 2.24. The van der Waals surface area contributed by atoms with Gasteiger partial charge in [-0.25, -0.2) is 9.78 Å². The number of hydrogen-bond donors (Lipinski definition) is 1. The lowest BCUT2D eigenvalue weighted by molar-refractivity contribution is -0.123. The van der Waals surface area contributed by atoms with Gasteiger partial charge in [0.25, 0.3) is 5.91 Å². The zero-order valence-corrected chi connectivity index (χ0v) is 17.3. The number of esters is 1. The molecule has 2 aromatic carbocycles. The van der Waals surface area contributed by atoms with E-state index in [0.717, 1.165) is 10.6 Å². The number of aromatic nitrogens is 1. The van der Waals surface area contributed by atoms with Gasteiger partial charge >= 0.3 is 5.97 Å². The summed E-state index contributed by atoms with van der Waals surface area (Å²) in [5.74, 6) is -0.450. The first kappa shape index (κ1) is 20.5. The summed E-state index contributed by atoms with van der Waals surface area (Å²) in [4.78, 5) is 30.1. The predicted molar refractivity (Wildman–Crippen MR) is 113 cm³/mol. The van der Waals surface area contributed by atoms with Crippen LogP contribution in [0.4, 0.5) is 5.69 Å². The van der Waals surface area contributed by atoms with Crippen LogP contribution in [0.3, 0.4) is 0 Å². The van der Waals surface area contributed by atoms with Crippen molar-refractivity contribution in [3.8, 4) is 17.0 Å². The van der Waals surface area contributed by atoms with Crippen LogP contribution in [0.2, 0.25) is 0 Å². The molecule has 0 aliphatic rings. The number of amides is 1. The van der Waals surface area contributed by atoms with Crippen molar-refractivity contribution >= 4 is 28.9 Å². The highest BCUT2D eigenvalue weighted by Crippen LogP contribution is 2.29. The van der Waals surface area contributed by atoms with E-state index in [2.05, 4.69) is 10.3 Å². The molecule has 6 nitrogen and oxygen atoms in total. The number of carbonyl (C=O) groups excluding carboxylic acids is 2. The van der Waals surface area contributed by atoms with Gasteiger partial charge in [0.1, 0.15) is 10.6 Å². The van der Waals surface area contributed by atoms with Crippen molar-refractivity contribution in [3.05, 3.63) is 64.5 Å². The van der Waals surface area contributed by atoms with Gasteiger partial charge < -0.3 is 14.8 Å². The normalized spacial score (nSPS) is 11.6. The van der Waals surface area contributed by atoms with Crippen LogP contribution in [0.15, 0.2) is 54.6 Å². The molecule has 1 aromatic heterocycles. The van der Waals surface area contributed by atoms with E-state index in [1.165, 1.54) is 18.3 Å². The number of nitrogens with zero attached hydrogens (tertiary/aromatic N) is 1. The third-order valence-electron chi connectivity index (χ3n) is 4.06. The van der Waals surface area contributed by atoms with E-state index < -0.39 is 18.0 Å². The lowest BCUT2D eigenvalue weighted by Gasteiger charge is -2.15. The van der Waals surface area contributed by atoms with Gasteiger partial charge in [-0.1, -0.05) is 42.5 Å². The highest BCUT2D eigenvalue weighted by molar-refractivity contribution is 7.14. The maximum atomic E-state index is 12.7. The summed E-state index contributed by atoms with van der Waals surface area (Å²) in [7, 11) is 0. The van der Waals surface area contributed by atoms with Crippen molar-refractivity contribution < 1.29 is 19.1 Å². The Kier molecular flexibility index (Phi) is 6.61. The van der Waals surface area contributed by atoms with E-state index in [1.807, 2.05) is 50.2 Å². The smallest absolute Gasteiger partial charge is 0.351 e. The molecule has 150 valence electrons. The third kappa shape index (κ3) is 5.00.